The minimum atomic E-state index is 0.715. The average Bonchev–Trinajstić information content (AvgIpc) is 3.41. The molecule has 0 radical (unpaired) electrons. The minimum Gasteiger partial charge on any atom is -0.497 e. The van der Waals surface area contributed by atoms with Crippen molar-refractivity contribution in [3.05, 3.63) is 257 Å². The van der Waals surface area contributed by atoms with Gasteiger partial charge in [0.2, 0.25) is 0 Å². The maximum Gasteiger partial charge on any atom is 0.119 e. The first-order chi connectivity index (χ1) is 34.8. The van der Waals surface area contributed by atoms with Crippen LogP contribution in [0.1, 0.15) is 58.7 Å². The number of ether oxygens (including phenoxy) is 2. The first-order valence-electron chi connectivity index (χ1n) is 24.5. The maximum atomic E-state index is 6.04. The molecule has 9 rings (SSSR count). The van der Waals surface area contributed by atoms with Crippen LogP contribution in [0.4, 0.5) is 51.2 Å². The Hall–Kier alpha value is -8.54. The number of rotatable bonds is 18. The quantitative estimate of drug-likeness (QED) is 0.0631. The van der Waals surface area contributed by atoms with Crippen LogP contribution in [0.5, 0.6) is 11.5 Å². The molecule has 0 aliphatic heterocycles. The van der Waals surface area contributed by atoms with E-state index in [-0.39, 0.29) is 0 Å². The lowest BCUT2D eigenvalue weighted by Crippen LogP contribution is -2.10. The summed E-state index contributed by atoms with van der Waals surface area (Å²) in [6.07, 6.45) is 10.8. The van der Waals surface area contributed by atoms with Gasteiger partial charge in [-0.25, -0.2) is 0 Å². The molecule has 0 heterocycles. The van der Waals surface area contributed by atoms with Gasteiger partial charge in [0.05, 0.1) is 13.7 Å². The van der Waals surface area contributed by atoms with Gasteiger partial charge in [-0.3, -0.25) is 0 Å². The molecule has 0 saturated carbocycles. The lowest BCUT2D eigenvalue weighted by Gasteiger charge is -2.26. The highest BCUT2D eigenvalue weighted by molar-refractivity contribution is 5.82. The average molecular weight is 928 g/mol. The molecule has 0 atom stereocenters. The normalized spacial score (nSPS) is 11.2. The van der Waals surface area contributed by atoms with E-state index in [1.165, 1.54) is 16.7 Å². The van der Waals surface area contributed by atoms with Crippen molar-refractivity contribution < 1.29 is 9.47 Å². The number of nitrogens with zero attached hydrogens (tertiary/aromatic N) is 3. The van der Waals surface area contributed by atoms with Crippen molar-refractivity contribution in [3.8, 4) is 11.5 Å². The molecule has 352 valence electrons. The highest BCUT2D eigenvalue weighted by atomic mass is 16.5. The fraction of sp³-hybridized carbons (Fsp3) is 0.121. The van der Waals surface area contributed by atoms with Crippen molar-refractivity contribution in [1.82, 2.24) is 0 Å². The van der Waals surface area contributed by atoms with E-state index in [1.54, 1.807) is 7.11 Å². The van der Waals surface area contributed by atoms with Gasteiger partial charge in [0.15, 0.2) is 0 Å². The van der Waals surface area contributed by atoms with Gasteiger partial charge in [-0.05, 0) is 183 Å². The smallest absolute Gasteiger partial charge is 0.119 e. The van der Waals surface area contributed by atoms with E-state index in [0.717, 1.165) is 97.8 Å². The molecule has 0 amide bonds. The highest BCUT2D eigenvalue weighted by Gasteiger charge is 2.16. The summed E-state index contributed by atoms with van der Waals surface area (Å²) < 4.78 is 11.5. The Kier molecular flexibility index (Phi) is 15.2. The predicted molar refractivity (Wildman–Crippen MR) is 302 cm³/mol. The second-order valence-corrected chi connectivity index (χ2v) is 17.9. The van der Waals surface area contributed by atoms with Crippen molar-refractivity contribution in [2.75, 3.05) is 28.4 Å². The molecule has 0 spiro atoms. The summed E-state index contributed by atoms with van der Waals surface area (Å²) in [5, 5.41) is 0. The number of aryl methyl sites for hydroxylation is 3. The molecule has 0 aromatic heterocycles. The van der Waals surface area contributed by atoms with E-state index in [0.29, 0.717) is 6.61 Å². The third-order valence-corrected chi connectivity index (χ3v) is 12.6. The van der Waals surface area contributed by atoms with E-state index in [4.69, 9.17) is 9.47 Å². The predicted octanol–water partition coefficient (Wildman–Crippen LogP) is 18.5. The summed E-state index contributed by atoms with van der Waals surface area (Å²) in [5.74, 6) is 1.71. The standard InChI is InChI=1S/C66H61N3O2/c1-6-7-48-71-66-46-42-64(43-47-66)69(61-36-22-54(23-37-61)16-14-52-18-32-59(33-19-52)67(56-26-8-49(2)9-27-56)57-28-10-50(3)11-29-57)62-38-24-55(25-39-62)17-15-53-20-34-60(35-21-53)68(58-30-12-51(4)13-31-58)63-40-44-65(70-5)45-41-63/h8-47H,6-7,48H2,1-5H3/b16-14+,17-15+. The van der Waals surface area contributed by atoms with Crippen LogP contribution < -0.4 is 24.2 Å². The SMILES string of the molecule is CCCCOc1ccc(N(c2ccc(/C=C/c3ccc(N(c4ccc(C)cc4)c4ccc(C)cc4)cc3)cc2)c2ccc(/C=C/c3ccc(N(c4ccc(C)cc4)c4ccc(OC)cc4)cc3)cc2)cc1. The van der Waals surface area contributed by atoms with Gasteiger partial charge in [0, 0.05) is 51.2 Å². The third kappa shape index (κ3) is 12.0. The Morgan fingerprint density at radius 1 is 0.310 bits per heavy atom. The summed E-state index contributed by atoms with van der Waals surface area (Å²) in [5.41, 5.74) is 18.0. The second kappa shape index (κ2) is 22.7. The minimum absolute atomic E-state index is 0.715. The summed E-state index contributed by atoms with van der Waals surface area (Å²) >= 11 is 0. The Morgan fingerprint density at radius 3 is 0.775 bits per heavy atom. The van der Waals surface area contributed by atoms with Crippen LogP contribution in [0.15, 0.2) is 218 Å². The zero-order valence-electron chi connectivity index (χ0n) is 41.4. The first kappa shape index (κ1) is 47.5. The second-order valence-electron chi connectivity index (χ2n) is 17.9. The van der Waals surface area contributed by atoms with Crippen LogP contribution in [-0.2, 0) is 0 Å². The number of hydrogen-bond acceptors (Lipinski definition) is 5. The van der Waals surface area contributed by atoms with E-state index < -0.39 is 0 Å². The zero-order chi connectivity index (χ0) is 48.9. The molecular weight excluding hydrogens is 867 g/mol. The molecule has 0 saturated heterocycles. The molecular formula is C66H61N3O2. The zero-order valence-corrected chi connectivity index (χ0v) is 41.4. The van der Waals surface area contributed by atoms with Crippen molar-refractivity contribution in [3.63, 3.8) is 0 Å². The van der Waals surface area contributed by atoms with E-state index in [9.17, 15) is 0 Å². The van der Waals surface area contributed by atoms with E-state index in [1.807, 2.05) is 12.1 Å². The van der Waals surface area contributed by atoms with Gasteiger partial charge in [-0.15, -0.1) is 0 Å². The van der Waals surface area contributed by atoms with Crippen molar-refractivity contribution in [1.29, 1.82) is 0 Å². The van der Waals surface area contributed by atoms with Gasteiger partial charge >= 0.3 is 0 Å². The van der Waals surface area contributed by atoms with Crippen LogP contribution >= 0.6 is 0 Å². The number of unbranched alkanes of at least 4 members (excludes halogenated alkanes) is 1. The molecule has 0 N–H and O–H groups in total. The van der Waals surface area contributed by atoms with Gasteiger partial charge in [-0.1, -0.05) is 139 Å². The van der Waals surface area contributed by atoms with Crippen molar-refractivity contribution in [2.24, 2.45) is 0 Å². The van der Waals surface area contributed by atoms with Gasteiger partial charge in [0.25, 0.3) is 0 Å². The summed E-state index contributed by atoms with van der Waals surface area (Å²) in [7, 11) is 1.70. The fourth-order valence-electron chi connectivity index (χ4n) is 8.50. The van der Waals surface area contributed by atoms with Gasteiger partial charge in [-0.2, -0.15) is 0 Å². The largest absolute Gasteiger partial charge is 0.497 e. The number of methoxy groups -OCH3 is 1. The van der Waals surface area contributed by atoms with Crippen LogP contribution in [0.3, 0.4) is 0 Å². The third-order valence-electron chi connectivity index (χ3n) is 12.6. The molecule has 5 heteroatoms. The van der Waals surface area contributed by atoms with Crippen molar-refractivity contribution >= 4 is 75.5 Å². The molecule has 0 bridgehead atoms. The number of benzene rings is 9. The molecule has 0 aliphatic carbocycles. The van der Waals surface area contributed by atoms with Crippen LogP contribution in [0.25, 0.3) is 24.3 Å². The highest BCUT2D eigenvalue weighted by Crippen LogP contribution is 2.39. The Labute approximate surface area is 420 Å². The maximum absolute atomic E-state index is 6.04. The fourth-order valence-corrected chi connectivity index (χ4v) is 8.50. The van der Waals surface area contributed by atoms with Crippen LogP contribution in [0.2, 0.25) is 0 Å². The lowest BCUT2D eigenvalue weighted by atomic mass is 10.1. The molecule has 0 unspecified atom stereocenters. The van der Waals surface area contributed by atoms with Crippen molar-refractivity contribution in [2.45, 2.75) is 40.5 Å². The molecule has 5 nitrogen and oxygen atoms in total. The van der Waals surface area contributed by atoms with Crippen LogP contribution in [0, 0.1) is 20.8 Å². The van der Waals surface area contributed by atoms with Crippen LogP contribution in [-0.4, -0.2) is 13.7 Å². The Balaban J connectivity index is 0.923. The first-order valence-corrected chi connectivity index (χ1v) is 24.5. The van der Waals surface area contributed by atoms with Gasteiger partial charge < -0.3 is 24.2 Å². The number of hydrogen-bond donors (Lipinski definition) is 0. The summed E-state index contributed by atoms with van der Waals surface area (Å²) in [6.45, 7) is 9.26. The molecule has 9 aromatic rings. The molecule has 0 fully saturated rings. The van der Waals surface area contributed by atoms with E-state index in [2.05, 4.69) is 273 Å². The Morgan fingerprint density at radius 2 is 0.535 bits per heavy atom. The molecule has 71 heavy (non-hydrogen) atoms. The summed E-state index contributed by atoms with van der Waals surface area (Å²) in [4.78, 5) is 6.87. The number of anilines is 9. The van der Waals surface area contributed by atoms with Gasteiger partial charge in [0.1, 0.15) is 11.5 Å². The topological polar surface area (TPSA) is 28.2 Å². The lowest BCUT2D eigenvalue weighted by molar-refractivity contribution is 0.309. The summed E-state index contributed by atoms with van der Waals surface area (Å²) in [6, 6.07) is 77.6. The monoisotopic (exact) mass is 927 g/mol. The molecule has 9 aromatic carbocycles. The molecule has 0 aliphatic rings. The van der Waals surface area contributed by atoms with E-state index >= 15 is 0 Å². The Bertz CT molecular complexity index is 3100.